The second kappa shape index (κ2) is 11.7. The molecular weight excluding hydrogens is 449 g/mol. The molecule has 2 heterocycles. The number of benzene rings is 1. The molecule has 2 aromatic rings. The maximum absolute atomic E-state index is 13.2. The molecule has 1 aromatic carbocycles. The molecule has 0 bridgehead atoms. The van der Waals surface area contributed by atoms with Crippen molar-refractivity contribution in [2.75, 3.05) is 20.3 Å². The molecule has 0 radical (unpaired) electrons. The largest absolute Gasteiger partial charge is 0.494 e. The van der Waals surface area contributed by atoms with Crippen LogP contribution in [0.1, 0.15) is 44.5 Å². The van der Waals surface area contributed by atoms with Gasteiger partial charge in [-0.1, -0.05) is 18.2 Å². The van der Waals surface area contributed by atoms with Gasteiger partial charge >= 0.3 is 7.12 Å². The highest BCUT2D eigenvalue weighted by atomic mass is 16.7. The van der Waals surface area contributed by atoms with E-state index in [9.17, 15) is 9.59 Å². The highest BCUT2D eigenvalue weighted by Gasteiger charge is 2.54. The van der Waals surface area contributed by atoms with Crippen LogP contribution in [-0.4, -0.2) is 67.4 Å². The lowest BCUT2D eigenvalue weighted by Gasteiger charge is -2.32. The zero-order valence-corrected chi connectivity index (χ0v) is 20.9. The van der Waals surface area contributed by atoms with Crippen molar-refractivity contribution in [3.8, 4) is 5.75 Å². The van der Waals surface area contributed by atoms with E-state index < -0.39 is 42.1 Å². The third-order valence-corrected chi connectivity index (χ3v) is 6.25. The predicted octanol–water partition coefficient (Wildman–Crippen LogP) is 2.41. The van der Waals surface area contributed by atoms with E-state index in [-0.39, 0.29) is 6.61 Å². The summed E-state index contributed by atoms with van der Waals surface area (Å²) in [5.41, 5.74) is -0.789. The van der Waals surface area contributed by atoms with Crippen LogP contribution in [-0.2, 0) is 18.8 Å². The SMILES string of the molecule is COCC(NC(=O)c1cccnc1)C(=O)NC(CCOc1ccccc1)B1OC(C)(C)C(C)(C)O1. The average molecular weight is 483 g/mol. The quantitative estimate of drug-likeness (QED) is 0.473. The molecular formula is C25H34BN3O6. The Morgan fingerprint density at radius 1 is 1.03 bits per heavy atom. The summed E-state index contributed by atoms with van der Waals surface area (Å²) >= 11 is 0. The molecule has 9 nitrogen and oxygen atoms in total. The second-order valence-corrected chi connectivity index (χ2v) is 9.41. The summed E-state index contributed by atoms with van der Waals surface area (Å²) in [7, 11) is 0.774. The Labute approximate surface area is 207 Å². The van der Waals surface area contributed by atoms with Crippen LogP contribution in [0.3, 0.4) is 0 Å². The Morgan fingerprint density at radius 3 is 2.31 bits per heavy atom. The first-order valence-electron chi connectivity index (χ1n) is 11.7. The Balaban J connectivity index is 1.71. The van der Waals surface area contributed by atoms with Crippen LogP contribution in [0.5, 0.6) is 5.75 Å². The zero-order chi connectivity index (χ0) is 25.5. The Morgan fingerprint density at radius 2 is 1.71 bits per heavy atom. The maximum Gasteiger partial charge on any atom is 0.481 e. The van der Waals surface area contributed by atoms with E-state index in [1.54, 1.807) is 18.3 Å². The number of amides is 2. The molecule has 2 N–H and O–H groups in total. The van der Waals surface area contributed by atoms with Crippen LogP contribution >= 0.6 is 0 Å². The molecule has 2 atom stereocenters. The van der Waals surface area contributed by atoms with Gasteiger partial charge in [0.15, 0.2) is 0 Å². The number of carbonyl (C=O) groups excluding carboxylic acids is 2. The molecule has 35 heavy (non-hydrogen) atoms. The lowest BCUT2D eigenvalue weighted by Crippen LogP contribution is -2.56. The van der Waals surface area contributed by atoms with Gasteiger partial charge in [-0.2, -0.15) is 0 Å². The van der Waals surface area contributed by atoms with Gasteiger partial charge in [-0.3, -0.25) is 14.6 Å². The molecule has 2 amide bonds. The van der Waals surface area contributed by atoms with Crippen LogP contribution < -0.4 is 15.4 Å². The third-order valence-electron chi connectivity index (χ3n) is 6.25. The molecule has 1 aliphatic rings. The molecule has 1 aliphatic heterocycles. The van der Waals surface area contributed by atoms with Crippen molar-refractivity contribution in [3.05, 3.63) is 60.4 Å². The zero-order valence-electron chi connectivity index (χ0n) is 20.9. The minimum atomic E-state index is -0.923. The van der Waals surface area contributed by atoms with E-state index in [4.69, 9.17) is 18.8 Å². The fourth-order valence-corrected chi connectivity index (χ4v) is 3.52. The number of para-hydroxylation sites is 1. The van der Waals surface area contributed by atoms with Crippen molar-refractivity contribution in [2.45, 2.75) is 57.3 Å². The van der Waals surface area contributed by atoms with Crippen molar-refractivity contribution < 1.29 is 28.4 Å². The van der Waals surface area contributed by atoms with Gasteiger partial charge in [-0.25, -0.2) is 0 Å². The normalized spacial score (nSPS) is 17.9. The smallest absolute Gasteiger partial charge is 0.481 e. The van der Waals surface area contributed by atoms with Gasteiger partial charge in [0.2, 0.25) is 5.91 Å². The highest BCUT2D eigenvalue weighted by molar-refractivity contribution is 6.48. The van der Waals surface area contributed by atoms with Gasteiger partial charge in [0, 0.05) is 25.9 Å². The van der Waals surface area contributed by atoms with Gasteiger partial charge in [0.1, 0.15) is 11.8 Å². The summed E-state index contributed by atoms with van der Waals surface area (Å²) in [6.07, 6.45) is 3.43. The molecule has 1 aromatic heterocycles. The lowest BCUT2D eigenvalue weighted by atomic mass is 9.76. The number of methoxy groups -OCH3 is 1. The van der Waals surface area contributed by atoms with Gasteiger partial charge in [-0.05, 0) is 52.0 Å². The summed E-state index contributed by atoms with van der Waals surface area (Å²) in [6, 6.07) is 11.8. The minimum Gasteiger partial charge on any atom is -0.494 e. The van der Waals surface area contributed by atoms with Gasteiger partial charge in [-0.15, -0.1) is 0 Å². The molecule has 1 saturated heterocycles. The topological polar surface area (TPSA) is 108 Å². The summed E-state index contributed by atoms with van der Waals surface area (Å²) in [4.78, 5) is 29.8. The molecule has 3 rings (SSSR count). The number of ether oxygens (including phenoxy) is 2. The van der Waals surface area contributed by atoms with Gasteiger partial charge < -0.3 is 29.4 Å². The molecule has 0 aliphatic carbocycles. The van der Waals surface area contributed by atoms with Crippen LogP contribution in [0.4, 0.5) is 0 Å². The molecule has 0 spiro atoms. The van der Waals surface area contributed by atoms with E-state index in [0.717, 1.165) is 5.75 Å². The van der Waals surface area contributed by atoms with Crippen molar-refractivity contribution >= 4 is 18.9 Å². The van der Waals surface area contributed by atoms with E-state index in [1.807, 2.05) is 58.0 Å². The lowest BCUT2D eigenvalue weighted by molar-refractivity contribution is -0.124. The van der Waals surface area contributed by atoms with Crippen molar-refractivity contribution in [1.82, 2.24) is 15.6 Å². The molecule has 188 valence electrons. The van der Waals surface area contributed by atoms with E-state index in [2.05, 4.69) is 15.6 Å². The first kappa shape index (κ1) is 26.7. The number of carbonyl (C=O) groups is 2. The van der Waals surface area contributed by atoms with Gasteiger partial charge in [0.05, 0.1) is 35.9 Å². The van der Waals surface area contributed by atoms with Crippen LogP contribution in [0.2, 0.25) is 0 Å². The monoisotopic (exact) mass is 483 g/mol. The summed E-state index contributed by atoms with van der Waals surface area (Å²) in [6.45, 7) is 8.13. The second-order valence-electron chi connectivity index (χ2n) is 9.41. The first-order valence-corrected chi connectivity index (χ1v) is 11.7. The number of pyridine rings is 1. The number of aromatic nitrogens is 1. The Kier molecular flexibility index (Phi) is 8.88. The van der Waals surface area contributed by atoms with Crippen molar-refractivity contribution in [3.63, 3.8) is 0 Å². The van der Waals surface area contributed by atoms with Crippen molar-refractivity contribution in [1.29, 1.82) is 0 Å². The van der Waals surface area contributed by atoms with Crippen LogP contribution in [0.25, 0.3) is 0 Å². The van der Waals surface area contributed by atoms with E-state index in [0.29, 0.717) is 18.6 Å². The molecule has 2 unspecified atom stereocenters. The summed E-state index contributed by atoms with van der Waals surface area (Å²) < 4.78 is 23.4. The van der Waals surface area contributed by atoms with Crippen LogP contribution in [0, 0.1) is 0 Å². The number of nitrogens with one attached hydrogen (secondary N) is 2. The van der Waals surface area contributed by atoms with Crippen LogP contribution in [0.15, 0.2) is 54.9 Å². The van der Waals surface area contributed by atoms with E-state index >= 15 is 0 Å². The minimum absolute atomic E-state index is 0.00552. The number of hydrogen-bond donors (Lipinski definition) is 2. The first-order chi connectivity index (χ1) is 16.6. The highest BCUT2D eigenvalue weighted by Crippen LogP contribution is 2.37. The average Bonchev–Trinajstić information content (AvgIpc) is 3.05. The number of hydrogen-bond acceptors (Lipinski definition) is 7. The molecule has 10 heteroatoms. The summed E-state index contributed by atoms with van der Waals surface area (Å²) in [5, 5.41) is 5.70. The van der Waals surface area contributed by atoms with Crippen molar-refractivity contribution in [2.24, 2.45) is 0 Å². The predicted molar refractivity (Wildman–Crippen MR) is 132 cm³/mol. The molecule has 0 saturated carbocycles. The standard InChI is InChI=1S/C25H34BN3O6/c1-24(2)25(3,4)35-26(34-24)21(13-15-33-19-11-7-6-8-12-19)29-23(31)20(17-32-5)28-22(30)18-10-9-14-27-16-18/h6-12,14,16,20-21H,13,15,17H2,1-5H3,(H,28,30)(H,29,31). The van der Waals surface area contributed by atoms with Gasteiger partial charge in [0.25, 0.3) is 5.91 Å². The number of rotatable bonds is 11. The summed E-state index contributed by atoms with van der Waals surface area (Å²) in [5.74, 6) is -0.632. The third kappa shape index (κ3) is 7.03. The Hall–Kier alpha value is -2.95. The fraction of sp³-hybridized carbons (Fsp3) is 0.480. The molecule has 1 fully saturated rings. The fourth-order valence-electron chi connectivity index (χ4n) is 3.52. The Bertz CT molecular complexity index is 958. The van der Waals surface area contributed by atoms with E-state index in [1.165, 1.54) is 13.3 Å². The maximum atomic E-state index is 13.2. The number of nitrogens with zero attached hydrogens (tertiary/aromatic N) is 1.